The second-order valence-electron chi connectivity index (χ2n) is 7.48. The summed E-state index contributed by atoms with van der Waals surface area (Å²) in [4.78, 5) is 35.5. The molecule has 0 spiro atoms. The number of ether oxygens (including phenoxy) is 1. The van der Waals surface area contributed by atoms with E-state index in [4.69, 9.17) is 9.84 Å². The number of benzene rings is 2. The third-order valence-electron chi connectivity index (χ3n) is 5.16. The monoisotopic (exact) mass is 428 g/mol. The van der Waals surface area contributed by atoms with Crippen molar-refractivity contribution in [1.29, 1.82) is 0 Å². The van der Waals surface area contributed by atoms with E-state index in [9.17, 15) is 18.8 Å². The van der Waals surface area contributed by atoms with Gasteiger partial charge in [0.2, 0.25) is 5.91 Å². The van der Waals surface area contributed by atoms with Crippen molar-refractivity contribution in [3.05, 3.63) is 59.7 Å². The number of alkyl carbamates (subject to hydrolysis) is 1. The van der Waals surface area contributed by atoms with Crippen LogP contribution in [-0.2, 0) is 14.3 Å². The topological polar surface area (TPSA) is 105 Å². The Labute approximate surface area is 179 Å². The third kappa shape index (κ3) is 5.59. The third-order valence-corrected chi connectivity index (χ3v) is 5.16. The Balaban J connectivity index is 1.64. The van der Waals surface area contributed by atoms with Gasteiger partial charge in [-0.2, -0.15) is 0 Å². The van der Waals surface area contributed by atoms with Crippen LogP contribution in [0, 0.1) is 0 Å². The van der Waals surface area contributed by atoms with Gasteiger partial charge in [-0.15, -0.1) is 0 Å². The summed E-state index contributed by atoms with van der Waals surface area (Å²) in [5.74, 6) is -1.90. The molecule has 0 saturated heterocycles. The number of nitrogens with one attached hydrogen (secondary N) is 2. The van der Waals surface area contributed by atoms with Crippen LogP contribution < -0.4 is 10.6 Å². The molecule has 2 amide bonds. The Hall–Kier alpha value is -3.42. The normalized spacial score (nSPS) is 14.1. The Morgan fingerprint density at radius 1 is 1.06 bits per heavy atom. The number of amides is 2. The van der Waals surface area contributed by atoms with Crippen LogP contribution in [0.4, 0.5) is 9.18 Å². The fraction of sp³-hybridized carbons (Fsp3) is 0.348. The average Bonchev–Trinajstić information content (AvgIpc) is 3.07. The van der Waals surface area contributed by atoms with Crippen molar-refractivity contribution in [3.8, 4) is 11.1 Å². The minimum absolute atomic E-state index is 0.0641. The van der Waals surface area contributed by atoms with Gasteiger partial charge in [-0.25, -0.2) is 9.18 Å². The molecule has 3 rings (SSSR count). The van der Waals surface area contributed by atoms with E-state index >= 15 is 0 Å². The van der Waals surface area contributed by atoms with Gasteiger partial charge < -0.3 is 20.5 Å². The van der Waals surface area contributed by atoms with E-state index in [-0.39, 0.29) is 31.9 Å². The zero-order valence-corrected chi connectivity index (χ0v) is 17.1. The minimum atomic E-state index is -1.27. The molecular formula is C23H25FN2O5. The molecule has 2 unspecified atom stereocenters. The molecule has 0 bridgehead atoms. The molecule has 0 heterocycles. The predicted molar refractivity (Wildman–Crippen MR) is 112 cm³/mol. The number of carboxylic acids is 1. The lowest BCUT2D eigenvalue weighted by atomic mass is 9.98. The van der Waals surface area contributed by atoms with Crippen molar-refractivity contribution < 1.29 is 28.6 Å². The highest BCUT2D eigenvalue weighted by Crippen LogP contribution is 2.44. The van der Waals surface area contributed by atoms with E-state index in [1.165, 1.54) is 6.92 Å². The highest BCUT2D eigenvalue weighted by Gasteiger charge is 2.30. The Morgan fingerprint density at radius 2 is 1.65 bits per heavy atom. The van der Waals surface area contributed by atoms with Crippen molar-refractivity contribution >= 4 is 18.0 Å². The number of carbonyl (C=O) groups is 3. The zero-order chi connectivity index (χ0) is 22.4. The largest absolute Gasteiger partial charge is 0.481 e. The fourth-order valence-corrected chi connectivity index (χ4v) is 3.68. The molecule has 0 aliphatic heterocycles. The molecule has 3 N–H and O–H groups in total. The van der Waals surface area contributed by atoms with E-state index in [0.717, 1.165) is 22.3 Å². The number of halogens is 1. The fourth-order valence-electron chi connectivity index (χ4n) is 3.68. The van der Waals surface area contributed by atoms with Gasteiger partial charge in [0.1, 0.15) is 18.8 Å². The number of alkyl halides is 1. The Morgan fingerprint density at radius 3 is 2.19 bits per heavy atom. The molecule has 164 valence electrons. The van der Waals surface area contributed by atoms with Crippen molar-refractivity contribution in [3.63, 3.8) is 0 Å². The quantitative estimate of drug-likeness (QED) is 0.569. The molecule has 2 atom stereocenters. The number of fused-ring (bicyclic) bond motifs is 3. The van der Waals surface area contributed by atoms with Crippen LogP contribution in [0.1, 0.15) is 36.8 Å². The molecule has 2 aromatic rings. The standard InChI is InChI=1S/C23H25FN2O5/c1-14(24)12-25-22(29)20(10-11-21(27)28)26-23(30)31-13-19-17-8-4-2-6-15(17)16-7-3-5-9-18(16)19/h2-9,14,19-20H,10-13H2,1H3,(H,25,29)(H,26,30)(H,27,28). The maximum atomic E-state index is 13.0. The summed E-state index contributed by atoms with van der Waals surface area (Å²) in [6, 6.07) is 14.6. The number of rotatable bonds is 9. The van der Waals surface area contributed by atoms with Crippen LogP contribution in [0.15, 0.2) is 48.5 Å². The van der Waals surface area contributed by atoms with Crippen LogP contribution in [-0.4, -0.2) is 48.4 Å². The second kappa shape index (κ2) is 10.1. The number of carbonyl (C=O) groups excluding carboxylic acids is 2. The van der Waals surface area contributed by atoms with Crippen LogP contribution in [0.25, 0.3) is 11.1 Å². The first-order valence-corrected chi connectivity index (χ1v) is 10.1. The number of aliphatic carboxylic acids is 1. The van der Waals surface area contributed by atoms with Gasteiger partial charge in [0.05, 0.1) is 0 Å². The summed E-state index contributed by atoms with van der Waals surface area (Å²) >= 11 is 0. The lowest BCUT2D eigenvalue weighted by Crippen LogP contribution is -2.48. The summed E-state index contributed by atoms with van der Waals surface area (Å²) in [6.07, 6.45) is -2.56. The molecule has 0 aromatic heterocycles. The van der Waals surface area contributed by atoms with E-state index < -0.39 is 30.2 Å². The van der Waals surface area contributed by atoms with Crippen LogP contribution in [0.2, 0.25) is 0 Å². The molecule has 0 saturated carbocycles. The maximum absolute atomic E-state index is 13.0. The highest BCUT2D eigenvalue weighted by atomic mass is 19.1. The lowest BCUT2D eigenvalue weighted by Gasteiger charge is -2.19. The van der Waals surface area contributed by atoms with E-state index in [1.807, 2.05) is 48.5 Å². The van der Waals surface area contributed by atoms with Gasteiger partial charge in [0.15, 0.2) is 0 Å². The van der Waals surface area contributed by atoms with Crippen LogP contribution in [0.5, 0.6) is 0 Å². The number of hydrogen-bond acceptors (Lipinski definition) is 4. The van der Waals surface area contributed by atoms with Crippen LogP contribution >= 0.6 is 0 Å². The van der Waals surface area contributed by atoms with Gasteiger partial charge in [-0.1, -0.05) is 48.5 Å². The molecule has 1 aliphatic rings. The van der Waals surface area contributed by atoms with Crippen molar-refractivity contribution in [2.75, 3.05) is 13.2 Å². The molecular weight excluding hydrogens is 403 g/mol. The van der Waals surface area contributed by atoms with Gasteiger partial charge in [0.25, 0.3) is 0 Å². The molecule has 8 heteroatoms. The van der Waals surface area contributed by atoms with Crippen molar-refractivity contribution in [2.45, 2.75) is 37.9 Å². The summed E-state index contributed by atoms with van der Waals surface area (Å²) in [7, 11) is 0. The first kappa shape index (κ1) is 22.3. The minimum Gasteiger partial charge on any atom is -0.481 e. The zero-order valence-electron chi connectivity index (χ0n) is 17.1. The number of hydrogen-bond donors (Lipinski definition) is 3. The highest BCUT2D eigenvalue weighted by molar-refractivity contribution is 5.86. The van der Waals surface area contributed by atoms with Crippen LogP contribution in [0.3, 0.4) is 0 Å². The summed E-state index contributed by atoms with van der Waals surface area (Å²) in [6.45, 7) is 1.12. The van der Waals surface area contributed by atoms with Crippen molar-refractivity contribution in [1.82, 2.24) is 10.6 Å². The SMILES string of the molecule is CC(F)CNC(=O)C(CCC(=O)O)NC(=O)OCC1c2ccccc2-c2ccccc21. The van der Waals surface area contributed by atoms with E-state index in [2.05, 4.69) is 10.6 Å². The maximum Gasteiger partial charge on any atom is 0.407 e. The molecule has 0 fully saturated rings. The first-order chi connectivity index (χ1) is 14.9. The van der Waals surface area contributed by atoms with E-state index in [0.29, 0.717) is 0 Å². The van der Waals surface area contributed by atoms with Gasteiger partial charge in [0, 0.05) is 18.9 Å². The predicted octanol–water partition coefficient (Wildman–Crippen LogP) is 3.23. The molecule has 31 heavy (non-hydrogen) atoms. The first-order valence-electron chi connectivity index (χ1n) is 10.1. The molecule has 0 radical (unpaired) electrons. The van der Waals surface area contributed by atoms with E-state index in [1.54, 1.807) is 0 Å². The smallest absolute Gasteiger partial charge is 0.407 e. The average molecular weight is 428 g/mol. The second-order valence-corrected chi connectivity index (χ2v) is 7.48. The summed E-state index contributed by atoms with van der Waals surface area (Å²) in [5.41, 5.74) is 4.28. The summed E-state index contributed by atoms with van der Waals surface area (Å²) in [5, 5.41) is 13.7. The molecule has 2 aromatic carbocycles. The molecule has 1 aliphatic carbocycles. The lowest BCUT2D eigenvalue weighted by molar-refractivity contribution is -0.137. The van der Waals surface area contributed by atoms with Gasteiger partial charge in [-0.3, -0.25) is 9.59 Å². The Kier molecular flexibility index (Phi) is 7.23. The van der Waals surface area contributed by atoms with Gasteiger partial charge >= 0.3 is 12.1 Å². The Bertz CT molecular complexity index is 917. The molecule has 7 nitrogen and oxygen atoms in total. The summed E-state index contributed by atoms with van der Waals surface area (Å²) < 4.78 is 18.4. The van der Waals surface area contributed by atoms with Crippen molar-refractivity contribution in [2.24, 2.45) is 0 Å². The van der Waals surface area contributed by atoms with Gasteiger partial charge in [-0.05, 0) is 35.6 Å². The number of carboxylic acid groups (broad SMARTS) is 1.